The van der Waals surface area contributed by atoms with Crippen molar-refractivity contribution in [3.05, 3.63) is 70.3 Å². The summed E-state index contributed by atoms with van der Waals surface area (Å²) in [7, 11) is 0. The summed E-state index contributed by atoms with van der Waals surface area (Å²) in [6.45, 7) is 12.2. The number of nitrogens with one attached hydrogen (secondary N) is 1. The van der Waals surface area contributed by atoms with Crippen molar-refractivity contribution in [2.75, 3.05) is 26.2 Å². The smallest absolute Gasteiger partial charge is 0.120 e. The van der Waals surface area contributed by atoms with Gasteiger partial charge < -0.3 is 10.1 Å². The van der Waals surface area contributed by atoms with Gasteiger partial charge in [-0.15, -0.1) is 0 Å². The maximum Gasteiger partial charge on any atom is 0.120 e. The molecule has 0 amide bonds. The van der Waals surface area contributed by atoms with Gasteiger partial charge >= 0.3 is 0 Å². The summed E-state index contributed by atoms with van der Waals surface area (Å²) in [4.78, 5) is 13.7. The Morgan fingerprint density at radius 3 is 2.50 bits per heavy atom. The third-order valence-corrected chi connectivity index (χ3v) is 7.52. The fourth-order valence-corrected chi connectivity index (χ4v) is 5.51. The SMILES string of the molecule is CC(C)(C)c1ccc(CN2CCC(CCC=O)C(c3ccc4c(c3)CCNCC4)C2)cc1. The van der Waals surface area contributed by atoms with Gasteiger partial charge in [-0.3, -0.25) is 4.90 Å². The van der Waals surface area contributed by atoms with E-state index in [0.29, 0.717) is 18.3 Å². The van der Waals surface area contributed by atoms with Crippen molar-refractivity contribution in [2.45, 2.75) is 70.8 Å². The highest BCUT2D eigenvalue weighted by molar-refractivity contribution is 5.49. The minimum absolute atomic E-state index is 0.196. The number of benzene rings is 2. The van der Waals surface area contributed by atoms with Crippen LogP contribution in [0.25, 0.3) is 0 Å². The number of fused-ring (bicyclic) bond motifs is 1. The number of rotatable bonds is 6. The third kappa shape index (κ3) is 5.68. The topological polar surface area (TPSA) is 32.3 Å². The second kappa shape index (κ2) is 10.3. The summed E-state index contributed by atoms with van der Waals surface area (Å²) in [6.07, 6.45) is 6.23. The molecule has 2 aromatic rings. The molecule has 2 aliphatic heterocycles. The van der Waals surface area contributed by atoms with Gasteiger partial charge in [0, 0.05) is 19.5 Å². The molecule has 32 heavy (non-hydrogen) atoms. The van der Waals surface area contributed by atoms with Crippen LogP contribution in [0.4, 0.5) is 0 Å². The molecule has 2 heterocycles. The molecule has 2 aromatic carbocycles. The van der Waals surface area contributed by atoms with E-state index >= 15 is 0 Å². The van der Waals surface area contributed by atoms with Gasteiger partial charge in [0.05, 0.1) is 0 Å². The maximum atomic E-state index is 11.1. The molecule has 0 aromatic heterocycles. The Hall–Kier alpha value is -1.97. The molecule has 0 spiro atoms. The summed E-state index contributed by atoms with van der Waals surface area (Å²) in [5, 5.41) is 3.53. The van der Waals surface area contributed by atoms with E-state index in [-0.39, 0.29) is 5.41 Å². The number of nitrogens with zero attached hydrogens (tertiary/aromatic N) is 1. The largest absolute Gasteiger partial charge is 0.316 e. The molecule has 3 nitrogen and oxygen atoms in total. The van der Waals surface area contributed by atoms with E-state index < -0.39 is 0 Å². The number of likely N-dealkylation sites (tertiary alicyclic amines) is 1. The predicted molar refractivity (Wildman–Crippen MR) is 133 cm³/mol. The summed E-state index contributed by atoms with van der Waals surface area (Å²) in [6, 6.07) is 16.5. The van der Waals surface area contributed by atoms with E-state index in [0.717, 1.165) is 58.3 Å². The molecule has 4 rings (SSSR count). The fourth-order valence-electron chi connectivity index (χ4n) is 5.51. The molecule has 2 atom stereocenters. The van der Waals surface area contributed by atoms with Crippen LogP contribution < -0.4 is 5.32 Å². The monoisotopic (exact) mass is 432 g/mol. The average molecular weight is 433 g/mol. The van der Waals surface area contributed by atoms with E-state index in [1.54, 1.807) is 0 Å². The van der Waals surface area contributed by atoms with E-state index in [1.807, 2.05) is 0 Å². The van der Waals surface area contributed by atoms with Gasteiger partial charge in [0.15, 0.2) is 0 Å². The van der Waals surface area contributed by atoms with Crippen LogP contribution in [0.1, 0.15) is 73.8 Å². The molecule has 0 radical (unpaired) electrons. The molecule has 1 saturated heterocycles. The first-order valence-corrected chi connectivity index (χ1v) is 12.5. The molecule has 0 aliphatic carbocycles. The third-order valence-electron chi connectivity index (χ3n) is 7.52. The minimum Gasteiger partial charge on any atom is -0.316 e. The number of hydrogen-bond acceptors (Lipinski definition) is 3. The zero-order valence-corrected chi connectivity index (χ0v) is 20.2. The molecular weight excluding hydrogens is 392 g/mol. The van der Waals surface area contributed by atoms with Crippen molar-refractivity contribution in [1.82, 2.24) is 10.2 Å². The standard InChI is InChI=1S/C29H40N2O/c1-29(2,3)27-10-6-22(7-11-27)20-31-17-14-24(5-4-18-32)28(21-31)26-9-8-23-12-15-30-16-13-25(23)19-26/h6-11,18-19,24,28,30H,4-5,12-17,20-21H2,1-3H3. The van der Waals surface area contributed by atoms with Gasteiger partial charge in [0.25, 0.3) is 0 Å². The highest BCUT2D eigenvalue weighted by Crippen LogP contribution is 2.37. The van der Waals surface area contributed by atoms with Gasteiger partial charge in [0.1, 0.15) is 6.29 Å². The number of piperidine rings is 1. The lowest BCUT2D eigenvalue weighted by molar-refractivity contribution is -0.108. The second-order valence-corrected chi connectivity index (χ2v) is 10.9. The normalized spacial score (nSPS) is 22.2. The van der Waals surface area contributed by atoms with Gasteiger partial charge in [-0.2, -0.15) is 0 Å². The summed E-state index contributed by atoms with van der Waals surface area (Å²) < 4.78 is 0. The Kier molecular flexibility index (Phi) is 7.48. The average Bonchev–Trinajstić information content (AvgIpc) is 3.03. The number of carbonyl (C=O) groups excluding carboxylic acids is 1. The van der Waals surface area contributed by atoms with Gasteiger partial charge in [-0.05, 0) is 90.4 Å². The first-order valence-electron chi connectivity index (χ1n) is 12.5. The van der Waals surface area contributed by atoms with E-state index in [9.17, 15) is 4.79 Å². The number of aldehydes is 1. The number of hydrogen-bond donors (Lipinski definition) is 1. The quantitative estimate of drug-likeness (QED) is 0.632. The second-order valence-electron chi connectivity index (χ2n) is 10.9. The zero-order chi connectivity index (χ0) is 22.6. The summed E-state index contributed by atoms with van der Waals surface area (Å²) in [5.41, 5.74) is 7.50. The van der Waals surface area contributed by atoms with E-state index in [4.69, 9.17) is 0 Å². The van der Waals surface area contributed by atoms with Crippen molar-refractivity contribution >= 4 is 6.29 Å². The first-order chi connectivity index (χ1) is 15.4. The minimum atomic E-state index is 0.196. The van der Waals surface area contributed by atoms with Crippen molar-refractivity contribution in [1.29, 1.82) is 0 Å². The van der Waals surface area contributed by atoms with Crippen LogP contribution >= 0.6 is 0 Å². The van der Waals surface area contributed by atoms with Crippen LogP contribution in [0.2, 0.25) is 0 Å². The highest BCUT2D eigenvalue weighted by Gasteiger charge is 2.30. The van der Waals surface area contributed by atoms with Gasteiger partial charge in [0.2, 0.25) is 0 Å². The molecule has 3 heteroatoms. The van der Waals surface area contributed by atoms with Crippen LogP contribution in [0.3, 0.4) is 0 Å². The molecule has 172 valence electrons. The molecule has 1 fully saturated rings. The van der Waals surface area contributed by atoms with E-state index in [2.05, 4.69) is 73.5 Å². The highest BCUT2D eigenvalue weighted by atomic mass is 16.1. The molecule has 2 aliphatic rings. The lowest BCUT2D eigenvalue weighted by Gasteiger charge is -2.39. The zero-order valence-electron chi connectivity index (χ0n) is 20.2. The number of carbonyl (C=O) groups is 1. The van der Waals surface area contributed by atoms with Crippen LogP contribution in [0, 0.1) is 5.92 Å². The van der Waals surface area contributed by atoms with Crippen LogP contribution in [0.15, 0.2) is 42.5 Å². The fraction of sp³-hybridized carbons (Fsp3) is 0.552. The summed E-state index contributed by atoms with van der Waals surface area (Å²) >= 11 is 0. The Balaban J connectivity index is 1.51. The van der Waals surface area contributed by atoms with Crippen molar-refractivity contribution in [3.8, 4) is 0 Å². The maximum absolute atomic E-state index is 11.1. The van der Waals surface area contributed by atoms with Crippen LogP contribution in [0.5, 0.6) is 0 Å². The van der Waals surface area contributed by atoms with Crippen molar-refractivity contribution in [3.63, 3.8) is 0 Å². The molecule has 1 N–H and O–H groups in total. The predicted octanol–water partition coefficient (Wildman–Crippen LogP) is 5.26. The van der Waals surface area contributed by atoms with Crippen molar-refractivity contribution < 1.29 is 4.79 Å². The Morgan fingerprint density at radius 1 is 1.03 bits per heavy atom. The molecular formula is C29H40N2O. The van der Waals surface area contributed by atoms with Crippen LogP contribution in [-0.4, -0.2) is 37.4 Å². The lowest BCUT2D eigenvalue weighted by Crippen LogP contribution is -2.39. The molecule has 0 saturated carbocycles. The van der Waals surface area contributed by atoms with Crippen molar-refractivity contribution in [2.24, 2.45) is 5.92 Å². The van der Waals surface area contributed by atoms with Gasteiger partial charge in [-0.25, -0.2) is 0 Å². The Morgan fingerprint density at radius 2 is 1.78 bits per heavy atom. The molecule has 2 unspecified atom stereocenters. The molecule has 0 bridgehead atoms. The Labute approximate surface area is 194 Å². The first kappa shape index (κ1) is 23.2. The lowest BCUT2D eigenvalue weighted by atomic mass is 9.77. The van der Waals surface area contributed by atoms with E-state index in [1.165, 1.54) is 34.2 Å². The summed E-state index contributed by atoms with van der Waals surface area (Å²) in [5.74, 6) is 1.11. The van der Waals surface area contributed by atoms with Gasteiger partial charge in [-0.1, -0.05) is 63.2 Å². The van der Waals surface area contributed by atoms with Crippen LogP contribution in [-0.2, 0) is 29.6 Å². The Bertz CT molecular complexity index is 896.